The zero-order valence-corrected chi connectivity index (χ0v) is 12.3. The monoisotopic (exact) mass is 271 g/mol. The molecule has 0 fully saturated rings. The van der Waals surface area contributed by atoms with Crippen molar-refractivity contribution in [2.24, 2.45) is 0 Å². The Labute approximate surface area is 120 Å². The van der Waals surface area contributed by atoms with Crippen LogP contribution in [-0.2, 0) is 13.1 Å². The molecule has 0 aliphatic heterocycles. The van der Waals surface area contributed by atoms with Crippen molar-refractivity contribution in [2.45, 2.75) is 20.0 Å². The minimum atomic E-state index is 0.744. The molecular formula is C17H21NO2. The van der Waals surface area contributed by atoms with Crippen molar-refractivity contribution in [1.29, 1.82) is 0 Å². The first-order chi connectivity index (χ1) is 9.72. The van der Waals surface area contributed by atoms with E-state index in [2.05, 4.69) is 36.5 Å². The Bertz CT molecular complexity index is 549. The Morgan fingerprint density at radius 3 is 2.30 bits per heavy atom. The third kappa shape index (κ3) is 3.75. The molecule has 0 aliphatic carbocycles. The summed E-state index contributed by atoms with van der Waals surface area (Å²) in [7, 11) is 3.36. The molecule has 2 rings (SSSR count). The second-order valence-electron chi connectivity index (χ2n) is 4.77. The highest BCUT2D eigenvalue weighted by Gasteiger charge is 2.04. The molecule has 0 saturated heterocycles. The van der Waals surface area contributed by atoms with Crippen molar-refractivity contribution in [3.63, 3.8) is 0 Å². The van der Waals surface area contributed by atoms with Crippen molar-refractivity contribution in [3.05, 3.63) is 59.2 Å². The lowest BCUT2D eigenvalue weighted by molar-refractivity contribution is 0.397. The van der Waals surface area contributed by atoms with Gasteiger partial charge in [-0.2, -0.15) is 0 Å². The summed E-state index contributed by atoms with van der Waals surface area (Å²) in [6.07, 6.45) is 0. The first-order valence-electron chi connectivity index (χ1n) is 6.70. The molecule has 20 heavy (non-hydrogen) atoms. The molecule has 3 heteroatoms. The van der Waals surface area contributed by atoms with Crippen LogP contribution in [0, 0.1) is 6.92 Å². The summed E-state index contributed by atoms with van der Waals surface area (Å²) in [5.74, 6) is 1.72. The maximum Gasteiger partial charge on any atom is 0.123 e. The van der Waals surface area contributed by atoms with Crippen molar-refractivity contribution in [2.75, 3.05) is 14.2 Å². The molecule has 2 aromatic rings. The molecule has 0 unspecified atom stereocenters. The van der Waals surface area contributed by atoms with Crippen LogP contribution in [0.4, 0.5) is 0 Å². The summed E-state index contributed by atoms with van der Waals surface area (Å²) >= 11 is 0. The van der Waals surface area contributed by atoms with E-state index in [-0.39, 0.29) is 0 Å². The highest BCUT2D eigenvalue weighted by molar-refractivity contribution is 5.40. The molecule has 0 heterocycles. The van der Waals surface area contributed by atoms with Gasteiger partial charge in [-0.15, -0.1) is 0 Å². The molecule has 0 aromatic heterocycles. The highest BCUT2D eigenvalue weighted by atomic mass is 16.5. The van der Waals surface area contributed by atoms with Crippen LogP contribution in [-0.4, -0.2) is 14.2 Å². The van der Waals surface area contributed by atoms with Crippen molar-refractivity contribution in [3.8, 4) is 11.5 Å². The lowest BCUT2D eigenvalue weighted by Crippen LogP contribution is -2.13. The van der Waals surface area contributed by atoms with Gasteiger partial charge in [0.25, 0.3) is 0 Å². The van der Waals surface area contributed by atoms with Crippen molar-refractivity contribution < 1.29 is 9.47 Å². The van der Waals surface area contributed by atoms with Crippen LogP contribution >= 0.6 is 0 Å². The number of ether oxygens (including phenoxy) is 2. The van der Waals surface area contributed by atoms with E-state index in [1.165, 1.54) is 11.1 Å². The molecule has 0 spiro atoms. The number of nitrogens with one attached hydrogen (secondary N) is 1. The fourth-order valence-electron chi connectivity index (χ4n) is 2.07. The zero-order valence-electron chi connectivity index (χ0n) is 12.3. The summed E-state index contributed by atoms with van der Waals surface area (Å²) in [5.41, 5.74) is 3.65. The van der Waals surface area contributed by atoms with E-state index >= 15 is 0 Å². The van der Waals surface area contributed by atoms with Crippen LogP contribution in [0.25, 0.3) is 0 Å². The minimum absolute atomic E-state index is 0.744. The van der Waals surface area contributed by atoms with Gasteiger partial charge >= 0.3 is 0 Å². The van der Waals surface area contributed by atoms with Crippen molar-refractivity contribution >= 4 is 0 Å². The molecule has 0 amide bonds. The highest BCUT2D eigenvalue weighted by Crippen LogP contribution is 2.23. The molecule has 2 aromatic carbocycles. The molecule has 1 N–H and O–H groups in total. The predicted octanol–water partition coefficient (Wildman–Crippen LogP) is 3.30. The van der Waals surface area contributed by atoms with Crippen LogP contribution < -0.4 is 14.8 Å². The van der Waals surface area contributed by atoms with Crippen LogP contribution in [0.2, 0.25) is 0 Å². The number of benzene rings is 2. The van der Waals surface area contributed by atoms with E-state index < -0.39 is 0 Å². The van der Waals surface area contributed by atoms with Gasteiger partial charge in [0.15, 0.2) is 0 Å². The van der Waals surface area contributed by atoms with Gasteiger partial charge in [0.2, 0.25) is 0 Å². The largest absolute Gasteiger partial charge is 0.497 e. The fraction of sp³-hybridized carbons (Fsp3) is 0.294. The van der Waals surface area contributed by atoms with Gasteiger partial charge in [-0.1, -0.05) is 29.8 Å². The van der Waals surface area contributed by atoms with Gasteiger partial charge in [-0.05, 0) is 30.7 Å². The van der Waals surface area contributed by atoms with E-state index in [4.69, 9.17) is 9.47 Å². The maximum atomic E-state index is 5.37. The number of aryl methyl sites for hydroxylation is 1. The average Bonchev–Trinajstić information content (AvgIpc) is 2.49. The average molecular weight is 271 g/mol. The summed E-state index contributed by atoms with van der Waals surface area (Å²) in [6.45, 7) is 3.67. The number of hydrogen-bond donors (Lipinski definition) is 1. The molecule has 0 aliphatic rings. The maximum absolute atomic E-state index is 5.37. The quantitative estimate of drug-likeness (QED) is 0.874. The summed E-state index contributed by atoms with van der Waals surface area (Å²) < 4.78 is 10.6. The Morgan fingerprint density at radius 1 is 0.900 bits per heavy atom. The van der Waals surface area contributed by atoms with Gasteiger partial charge in [0.1, 0.15) is 11.5 Å². The third-order valence-corrected chi connectivity index (χ3v) is 3.25. The van der Waals surface area contributed by atoms with E-state index in [0.717, 1.165) is 30.2 Å². The lowest BCUT2D eigenvalue weighted by atomic mass is 10.1. The van der Waals surface area contributed by atoms with Gasteiger partial charge < -0.3 is 14.8 Å². The first-order valence-corrected chi connectivity index (χ1v) is 6.70. The number of rotatable bonds is 6. The minimum Gasteiger partial charge on any atom is -0.497 e. The van der Waals surface area contributed by atoms with Crippen molar-refractivity contribution in [1.82, 2.24) is 5.32 Å². The van der Waals surface area contributed by atoms with Gasteiger partial charge in [-0.25, -0.2) is 0 Å². The van der Waals surface area contributed by atoms with Gasteiger partial charge in [-0.3, -0.25) is 0 Å². The van der Waals surface area contributed by atoms with E-state index in [1.54, 1.807) is 14.2 Å². The topological polar surface area (TPSA) is 30.5 Å². The predicted molar refractivity (Wildman–Crippen MR) is 81.3 cm³/mol. The fourth-order valence-corrected chi connectivity index (χ4v) is 2.07. The molecule has 0 saturated carbocycles. The van der Waals surface area contributed by atoms with E-state index in [0.29, 0.717) is 0 Å². The Hall–Kier alpha value is -2.00. The third-order valence-electron chi connectivity index (χ3n) is 3.25. The molecule has 0 bridgehead atoms. The van der Waals surface area contributed by atoms with Crippen LogP contribution in [0.5, 0.6) is 11.5 Å². The number of methoxy groups -OCH3 is 2. The van der Waals surface area contributed by atoms with Gasteiger partial charge in [0.05, 0.1) is 14.2 Å². The molecule has 0 atom stereocenters. The smallest absolute Gasteiger partial charge is 0.123 e. The second-order valence-corrected chi connectivity index (χ2v) is 4.77. The molecule has 106 valence electrons. The molecule has 0 radical (unpaired) electrons. The molecular weight excluding hydrogens is 250 g/mol. The molecule has 3 nitrogen and oxygen atoms in total. The SMILES string of the molecule is COc1ccc(OC)c(CNCc2ccc(C)cc2)c1. The summed E-state index contributed by atoms with van der Waals surface area (Å²) in [4.78, 5) is 0. The Balaban J connectivity index is 1.97. The first kappa shape index (κ1) is 14.4. The Kier molecular flexibility index (Phi) is 5.02. The van der Waals surface area contributed by atoms with E-state index in [9.17, 15) is 0 Å². The van der Waals surface area contributed by atoms with Crippen LogP contribution in [0.15, 0.2) is 42.5 Å². The van der Waals surface area contributed by atoms with Gasteiger partial charge in [0, 0.05) is 18.7 Å². The van der Waals surface area contributed by atoms with Crippen LogP contribution in [0.3, 0.4) is 0 Å². The Morgan fingerprint density at radius 2 is 1.65 bits per heavy atom. The second kappa shape index (κ2) is 6.96. The summed E-state index contributed by atoms with van der Waals surface area (Å²) in [6, 6.07) is 14.4. The zero-order chi connectivity index (χ0) is 14.4. The van der Waals surface area contributed by atoms with E-state index in [1.807, 2.05) is 18.2 Å². The lowest BCUT2D eigenvalue weighted by Gasteiger charge is -2.11. The summed E-state index contributed by atoms with van der Waals surface area (Å²) in [5, 5.41) is 3.43. The van der Waals surface area contributed by atoms with Crippen LogP contribution in [0.1, 0.15) is 16.7 Å². The number of hydrogen-bond acceptors (Lipinski definition) is 3. The standard InChI is InChI=1S/C17H21NO2/c1-13-4-6-14(7-5-13)11-18-12-15-10-16(19-2)8-9-17(15)20-3/h4-10,18H,11-12H2,1-3H3. The normalized spacial score (nSPS) is 10.3.